The van der Waals surface area contributed by atoms with Crippen molar-refractivity contribution in [2.45, 2.75) is 32.9 Å². The van der Waals surface area contributed by atoms with Crippen LogP contribution in [0.5, 0.6) is 5.75 Å². The molecule has 1 N–H and O–H groups in total. The molecular formula is C16H24N2O4. The molecule has 1 saturated heterocycles. The summed E-state index contributed by atoms with van der Waals surface area (Å²) in [6.45, 7) is 6.43. The van der Waals surface area contributed by atoms with Crippen molar-refractivity contribution in [2.75, 3.05) is 26.3 Å². The van der Waals surface area contributed by atoms with Gasteiger partial charge in [0.15, 0.2) is 0 Å². The van der Waals surface area contributed by atoms with Crippen molar-refractivity contribution in [3.63, 3.8) is 0 Å². The minimum Gasteiger partial charge on any atom is -0.494 e. The van der Waals surface area contributed by atoms with Crippen LogP contribution in [0.4, 0.5) is 4.79 Å². The predicted octanol–water partition coefficient (Wildman–Crippen LogP) is 2.03. The predicted molar refractivity (Wildman–Crippen MR) is 82.4 cm³/mol. The highest BCUT2D eigenvalue weighted by atomic mass is 16.6. The second-order valence-electron chi connectivity index (χ2n) is 5.34. The van der Waals surface area contributed by atoms with Crippen LogP contribution < -0.4 is 4.74 Å². The number of carbonyl (C=O) groups excluding carboxylic acids is 1. The second kappa shape index (κ2) is 8.00. The van der Waals surface area contributed by atoms with Crippen LogP contribution in [-0.4, -0.2) is 53.6 Å². The number of amides is 1. The van der Waals surface area contributed by atoms with E-state index in [1.54, 1.807) is 11.9 Å². The third-order valence-corrected chi connectivity index (χ3v) is 3.50. The topological polar surface area (TPSA) is 62.2 Å². The lowest BCUT2D eigenvalue weighted by molar-refractivity contribution is -0.0775. The Kier molecular flexibility index (Phi) is 6.03. The minimum atomic E-state index is -0.384. The Bertz CT molecular complexity index is 476. The van der Waals surface area contributed by atoms with Crippen LogP contribution in [0.2, 0.25) is 0 Å². The van der Waals surface area contributed by atoms with Crippen LogP contribution in [0, 0.1) is 0 Å². The van der Waals surface area contributed by atoms with E-state index in [1.807, 2.05) is 36.2 Å². The third-order valence-electron chi connectivity index (χ3n) is 3.50. The molecule has 1 fully saturated rings. The number of benzene rings is 1. The van der Waals surface area contributed by atoms with Crippen molar-refractivity contribution >= 4 is 6.09 Å². The Balaban J connectivity index is 2.00. The first-order valence-corrected chi connectivity index (χ1v) is 7.69. The van der Waals surface area contributed by atoms with Crippen molar-refractivity contribution in [3.8, 4) is 5.75 Å². The molecule has 2 rings (SSSR count). The van der Waals surface area contributed by atoms with Crippen LogP contribution in [0.1, 0.15) is 25.8 Å². The summed E-state index contributed by atoms with van der Waals surface area (Å²) in [5, 5.41) is 13.0. The average molecular weight is 308 g/mol. The summed E-state index contributed by atoms with van der Waals surface area (Å²) in [7, 11) is 0. The van der Waals surface area contributed by atoms with E-state index in [4.69, 9.17) is 9.47 Å². The summed E-state index contributed by atoms with van der Waals surface area (Å²) in [5.74, 6) is 0.818. The van der Waals surface area contributed by atoms with Crippen LogP contribution in [-0.2, 0) is 11.3 Å². The van der Waals surface area contributed by atoms with Crippen molar-refractivity contribution < 1.29 is 19.4 Å². The van der Waals surface area contributed by atoms with Crippen LogP contribution in [0.3, 0.4) is 0 Å². The summed E-state index contributed by atoms with van der Waals surface area (Å²) < 4.78 is 10.5. The number of aliphatic hydroxyl groups is 1. The van der Waals surface area contributed by atoms with E-state index in [0.717, 1.165) is 11.3 Å². The molecule has 1 unspecified atom stereocenters. The highest BCUT2D eigenvalue weighted by Gasteiger charge is 2.27. The standard InChI is InChI=1S/C16H24N2O4/c1-3-21-15-6-4-14(5-7-15)12-18-16(20)22-11-10-17(18)9-8-13(2)19/h4-7,13,19H,3,8-12H2,1-2H3. The van der Waals surface area contributed by atoms with Crippen LogP contribution in [0.15, 0.2) is 24.3 Å². The number of hydrogen-bond donors (Lipinski definition) is 1. The summed E-state index contributed by atoms with van der Waals surface area (Å²) in [5.41, 5.74) is 1.00. The molecule has 1 heterocycles. The number of aliphatic hydroxyl groups excluding tert-OH is 1. The van der Waals surface area contributed by atoms with Gasteiger partial charge in [-0.15, -0.1) is 0 Å². The van der Waals surface area contributed by atoms with Gasteiger partial charge in [-0.05, 0) is 38.0 Å². The van der Waals surface area contributed by atoms with Crippen molar-refractivity contribution in [1.82, 2.24) is 10.0 Å². The van der Waals surface area contributed by atoms with E-state index in [1.165, 1.54) is 0 Å². The number of hydrazine groups is 1. The van der Waals surface area contributed by atoms with Crippen molar-refractivity contribution in [1.29, 1.82) is 0 Å². The van der Waals surface area contributed by atoms with Gasteiger partial charge >= 0.3 is 6.09 Å². The normalized spacial score (nSPS) is 17.2. The Morgan fingerprint density at radius 3 is 2.73 bits per heavy atom. The van der Waals surface area contributed by atoms with E-state index < -0.39 is 0 Å². The monoisotopic (exact) mass is 308 g/mol. The maximum Gasteiger partial charge on any atom is 0.424 e. The molecule has 0 spiro atoms. The smallest absolute Gasteiger partial charge is 0.424 e. The number of rotatable bonds is 7. The zero-order chi connectivity index (χ0) is 15.9. The van der Waals surface area contributed by atoms with E-state index in [-0.39, 0.29) is 12.2 Å². The first-order chi connectivity index (χ1) is 10.6. The number of carbonyl (C=O) groups is 1. The average Bonchev–Trinajstić information content (AvgIpc) is 2.50. The maximum atomic E-state index is 12.0. The van der Waals surface area contributed by atoms with E-state index in [2.05, 4.69) is 0 Å². The van der Waals surface area contributed by atoms with Gasteiger partial charge in [0.2, 0.25) is 0 Å². The molecule has 22 heavy (non-hydrogen) atoms. The van der Waals surface area contributed by atoms with E-state index >= 15 is 0 Å². The molecule has 1 aromatic carbocycles. The first-order valence-electron chi connectivity index (χ1n) is 7.69. The van der Waals surface area contributed by atoms with Gasteiger partial charge in [-0.25, -0.2) is 14.8 Å². The molecule has 1 aliphatic rings. The Labute approximate surface area is 131 Å². The fourth-order valence-corrected chi connectivity index (χ4v) is 2.31. The zero-order valence-electron chi connectivity index (χ0n) is 13.2. The summed E-state index contributed by atoms with van der Waals surface area (Å²) in [4.78, 5) is 12.0. The molecule has 1 amide bonds. The molecule has 1 aliphatic heterocycles. The Morgan fingerprint density at radius 2 is 2.09 bits per heavy atom. The van der Waals surface area contributed by atoms with Gasteiger partial charge in [0.05, 0.1) is 25.8 Å². The lowest BCUT2D eigenvalue weighted by Crippen LogP contribution is -2.52. The maximum absolute atomic E-state index is 12.0. The number of ether oxygens (including phenoxy) is 2. The van der Waals surface area contributed by atoms with Crippen molar-refractivity contribution in [3.05, 3.63) is 29.8 Å². The molecule has 1 aromatic rings. The Morgan fingerprint density at radius 1 is 1.36 bits per heavy atom. The fourth-order valence-electron chi connectivity index (χ4n) is 2.31. The summed E-state index contributed by atoms with van der Waals surface area (Å²) in [6.07, 6.45) is -0.108. The lowest BCUT2D eigenvalue weighted by Gasteiger charge is -2.38. The highest BCUT2D eigenvalue weighted by Crippen LogP contribution is 2.17. The van der Waals surface area contributed by atoms with Crippen LogP contribution >= 0.6 is 0 Å². The quantitative estimate of drug-likeness (QED) is 0.835. The number of cyclic esters (lactones) is 1. The molecule has 0 radical (unpaired) electrons. The third kappa shape index (κ3) is 4.61. The van der Waals surface area contributed by atoms with E-state index in [0.29, 0.717) is 39.3 Å². The molecule has 122 valence electrons. The second-order valence-corrected chi connectivity index (χ2v) is 5.34. The Hall–Kier alpha value is -1.79. The molecule has 6 heteroatoms. The van der Waals surface area contributed by atoms with Gasteiger partial charge in [0.1, 0.15) is 12.4 Å². The van der Waals surface area contributed by atoms with Gasteiger partial charge in [0, 0.05) is 6.54 Å². The van der Waals surface area contributed by atoms with Gasteiger partial charge in [-0.2, -0.15) is 0 Å². The molecular weight excluding hydrogens is 284 g/mol. The minimum absolute atomic E-state index is 0.342. The lowest BCUT2D eigenvalue weighted by atomic mass is 10.2. The molecule has 6 nitrogen and oxygen atoms in total. The molecule has 1 atom stereocenters. The fraction of sp³-hybridized carbons (Fsp3) is 0.562. The van der Waals surface area contributed by atoms with E-state index in [9.17, 15) is 9.90 Å². The largest absolute Gasteiger partial charge is 0.494 e. The van der Waals surface area contributed by atoms with Crippen LogP contribution in [0.25, 0.3) is 0 Å². The molecule has 0 aliphatic carbocycles. The zero-order valence-corrected chi connectivity index (χ0v) is 13.2. The van der Waals surface area contributed by atoms with Gasteiger partial charge in [-0.1, -0.05) is 12.1 Å². The number of hydrogen-bond acceptors (Lipinski definition) is 5. The highest BCUT2D eigenvalue weighted by molar-refractivity contribution is 5.67. The first kappa shape index (κ1) is 16.6. The van der Waals surface area contributed by atoms with Gasteiger partial charge in [-0.3, -0.25) is 0 Å². The molecule has 0 bridgehead atoms. The summed E-state index contributed by atoms with van der Waals surface area (Å²) in [6, 6.07) is 7.68. The van der Waals surface area contributed by atoms with Gasteiger partial charge in [0.25, 0.3) is 0 Å². The summed E-state index contributed by atoms with van der Waals surface area (Å²) >= 11 is 0. The van der Waals surface area contributed by atoms with Crippen molar-refractivity contribution in [2.24, 2.45) is 0 Å². The number of nitrogens with zero attached hydrogens (tertiary/aromatic N) is 2. The molecule has 0 aromatic heterocycles. The molecule has 0 saturated carbocycles. The SMILES string of the molecule is CCOc1ccc(CN2C(=O)OCCN2CCC(C)O)cc1. The van der Waals surface area contributed by atoms with Gasteiger partial charge < -0.3 is 14.6 Å².